The van der Waals surface area contributed by atoms with Crippen molar-refractivity contribution in [2.75, 3.05) is 19.6 Å². The molecule has 1 amide bonds. The van der Waals surface area contributed by atoms with E-state index in [-0.39, 0.29) is 11.9 Å². The second kappa shape index (κ2) is 5.52. The predicted molar refractivity (Wildman–Crippen MR) is 69.8 cm³/mol. The van der Waals surface area contributed by atoms with E-state index in [0.29, 0.717) is 18.4 Å². The number of rotatable bonds is 3. The number of likely N-dealkylation sites (tertiary alicyclic amines) is 1. The minimum absolute atomic E-state index is 0.143. The van der Waals surface area contributed by atoms with Gasteiger partial charge in [-0.3, -0.25) is 9.48 Å². The van der Waals surface area contributed by atoms with Crippen molar-refractivity contribution in [1.29, 1.82) is 0 Å². The lowest BCUT2D eigenvalue weighted by atomic mass is 9.87. The fourth-order valence-corrected chi connectivity index (χ4v) is 2.54. The van der Waals surface area contributed by atoms with Gasteiger partial charge >= 0.3 is 0 Å². The Morgan fingerprint density at radius 1 is 1.61 bits per heavy atom. The van der Waals surface area contributed by atoms with E-state index in [0.717, 1.165) is 19.5 Å². The van der Waals surface area contributed by atoms with Crippen molar-refractivity contribution in [2.45, 2.75) is 26.3 Å². The standard InChI is InChI=1S/C13H22N4O/c1-10-4-7-16(9-12(10)8-14)13(18)11(2)17-6-3-5-15-17/h3,5-6,10-12H,4,7-9,14H2,1-2H3. The van der Waals surface area contributed by atoms with Crippen LogP contribution in [0.15, 0.2) is 18.5 Å². The van der Waals surface area contributed by atoms with Crippen molar-refractivity contribution in [2.24, 2.45) is 17.6 Å². The third-order valence-electron chi connectivity index (χ3n) is 4.01. The van der Waals surface area contributed by atoms with E-state index in [1.807, 2.05) is 24.1 Å². The summed E-state index contributed by atoms with van der Waals surface area (Å²) < 4.78 is 1.71. The molecule has 0 spiro atoms. The Labute approximate surface area is 108 Å². The number of nitrogens with zero attached hydrogens (tertiary/aromatic N) is 3. The Morgan fingerprint density at radius 2 is 2.39 bits per heavy atom. The van der Waals surface area contributed by atoms with Gasteiger partial charge in [-0.1, -0.05) is 6.92 Å². The molecule has 1 aliphatic rings. The lowest BCUT2D eigenvalue weighted by Gasteiger charge is -2.37. The fourth-order valence-electron chi connectivity index (χ4n) is 2.54. The van der Waals surface area contributed by atoms with Gasteiger partial charge in [0.15, 0.2) is 0 Å². The summed E-state index contributed by atoms with van der Waals surface area (Å²) in [7, 11) is 0. The number of nitrogens with two attached hydrogens (primary N) is 1. The summed E-state index contributed by atoms with van der Waals surface area (Å²) in [5, 5.41) is 4.13. The Hall–Kier alpha value is -1.36. The number of amides is 1. The van der Waals surface area contributed by atoms with Crippen molar-refractivity contribution in [3.8, 4) is 0 Å². The molecule has 2 rings (SSSR count). The van der Waals surface area contributed by atoms with Gasteiger partial charge in [0.05, 0.1) is 0 Å². The van der Waals surface area contributed by atoms with Crippen LogP contribution in [0.25, 0.3) is 0 Å². The van der Waals surface area contributed by atoms with E-state index in [9.17, 15) is 4.79 Å². The molecule has 3 atom stereocenters. The van der Waals surface area contributed by atoms with Gasteiger partial charge in [0.2, 0.25) is 5.91 Å². The molecule has 0 aliphatic carbocycles. The highest BCUT2D eigenvalue weighted by molar-refractivity contribution is 5.80. The van der Waals surface area contributed by atoms with Crippen LogP contribution in [0.2, 0.25) is 0 Å². The fraction of sp³-hybridized carbons (Fsp3) is 0.692. The third-order valence-corrected chi connectivity index (χ3v) is 4.01. The zero-order valence-electron chi connectivity index (χ0n) is 11.1. The summed E-state index contributed by atoms with van der Waals surface area (Å²) in [6.07, 6.45) is 4.57. The first-order valence-electron chi connectivity index (χ1n) is 6.61. The van der Waals surface area contributed by atoms with Crippen LogP contribution in [0.3, 0.4) is 0 Å². The van der Waals surface area contributed by atoms with Gasteiger partial charge < -0.3 is 10.6 Å². The molecule has 2 N–H and O–H groups in total. The minimum atomic E-state index is -0.230. The molecule has 1 aromatic rings. The molecule has 5 nitrogen and oxygen atoms in total. The van der Waals surface area contributed by atoms with E-state index in [2.05, 4.69) is 12.0 Å². The van der Waals surface area contributed by atoms with Gasteiger partial charge in [-0.15, -0.1) is 0 Å². The molecular weight excluding hydrogens is 228 g/mol. The average molecular weight is 250 g/mol. The molecule has 1 fully saturated rings. The van der Waals surface area contributed by atoms with Crippen LogP contribution in [-0.2, 0) is 4.79 Å². The van der Waals surface area contributed by atoms with Crippen molar-refractivity contribution >= 4 is 5.91 Å². The van der Waals surface area contributed by atoms with Gasteiger partial charge in [0.25, 0.3) is 0 Å². The van der Waals surface area contributed by atoms with Gasteiger partial charge in [-0.2, -0.15) is 5.10 Å². The van der Waals surface area contributed by atoms with Crippen LogP contribution in [0.4, 0.5) is 0 Å². The third kappa shape index (κ3) is 2.56. The Morgan fingerprint density at radius 3 is 3.00 bits per heavy atom. The molecule has 100 valence electrons. The zero-order valence-corrected chi connectivity index (χ0v) is 11.1. The molecule has 5 heteroatoms. The molecule has 1 saturated heterocycles. The number of hydrogen-bond donors (Lipinski definition) is 1. The highest BCUT2D eigenvalue weighted by atomic mass is 16.2. The molecule has 18 heavy (non-hydrogen) atoms. The van der Waals surface area contributed by atoms with Gasteiger partial charge in [0, 0.05) is 25.5 Å². The Kier molecular flexibility index (Phi) is 4.01. The first kappa shape index (κ1) is 13.1. The molecule has 1 aromatic heterocycles. The Bertz CT molecular complexity index is 390. The van der Waals surface area contributed by atoms with Crippen LogP contribution in [0, 0.1) is 11.8 Å². The second-order valence-corrected chi connectivity index (χ2v) is 5.21. The summed E-state index contributed by atoms with van der Waals surface area (Å²) in [4.78, 5) is 14.3. The predicted octanol–water partition coefficient (Wildman–Crippen LogP) is 0.887. The molecule has 2 heterocycles. The monoisotopic (exact) mass is 250 g/mol. The van der Waals surface area contributed by atoms with E-state index < -0.39 is 0 Å². The maximum absolute atomic E-state index is 12.4. The lowest BCUT2D eigenvalue weighted by molar-refractivity contribution is -0.137. The lowest BCUT2D eigenvalue weighted by Crippen LogP contribution is -2.47. The number of piperidine rings is 1. The zero-order chi connectivity index (χ0) is 13.1. The van der Waals surface area contributed by atoms with E-state index >= 15 is 0 Å². The topological polar surface area (TPSA) is 64.2 Å². The van der Waals surface area contributed by atoms with Crippen LogP contribution < -0.4 is 5.73 Å². The summed E-state index contributed by atoms with van der Waals surface area (Å²) in [5.74, 6) is 1.18. The number of hydrogen-bond acceptors (Lipinski definition) is 3. The van der Waals surface area contributed by atoms with Gasteiger partial charge in [-0.05, 0) is 37.8 Å². The number of carbonyl (C=O) groups is 1. The highest BCUT2D eigenvalue weighted by Crippen LogP contribution is 2.24. The summed E-state index contributed by atoms with van der Waals surface area (Å²) in [5.41, 5.74) is 5.77. The van der Waals surface area contributed by atoms with Gasteiger partial charge in [-0.25, -0.2) is 0 Å². The molecule has 0 radical (unpaired) electrons. The van der Waals surface area contributed by atoms with Gasteiger partial charge in [0.1, 0.15) is 6.04 Å². The molecule has 0 bridgehead atoms. The second-order valence-electron chi connectivity index (χ2n) is 5.21. The Balaban J connectivity index is 2.01. The number of aromatic nitrogens is 2. The van der Waals surface area contributed by atoms with E-state index in [1.54, 1.807) is 10.9 Å². The molecule has 3 unspecified atom stereocenters. The molecule has 0 aromatic carbocycles. The smallest absolute Gasteiger partial charge is 0.247 e. The van der Waals surface area contributed by atoms with Crippen molar-refractivity contribution < 1.29 is 4.79 Å². The van der Waals surface area contributed by atoms with Crippen LogP contribution in [0.5, 0.6) is 0 Å². The van der Waals surface area contributed by atoms with Crippen LogP contribution in [-0.4, -0.2) is 40.2 Å². The summed E-state index contributed by atoms with van der Waals surface area (Å²) in [6, 6.07) is 1.61. The minimum Gasteiger partial charge on any atom is -0.341 e. The normalized spacial score (nSPS) is 26.1. The van der Waals surface area contributed by atoms with E-state index in [1.165, 1.54) is 0 Å². The van der Waals surface area contributed by atoms with Crippen LogP contribution >= 0.6 is 0 Å². The maximum Gasteiger partial charge on any atom is 0.247 e. The van der Waals surface area contributed by atoms with Crippen molar-refractivity contribution in [1.82, 2.24) is 14.7 Å². The van der Waals surface area contributed by atoms with Crippen molar-refractivity contribution in [3.63, 3.8) is 0 Å². The van der Waals surface area contributed by atoms with Crippen molar-refractivity contribution in [3.05, 3.63) is 18.5 Å². The number of carbonyl (C=O) groups excluding carboxylic acids is 1. The first-order valence-corrected chi connectivity index (χ1v) is 6.61. The molecular formula is C13H22N4O. The molecule has 1 aliphatic heterocycles. The largest absolute Gasteiger partial charge is 0.341 e. The van der Waals surface area contributed by atoms with Crippen LogP contribution in [0.1, 0.15) is 26.3 Å². The first-order chi connectivity index (χ1) is 8.63. The SMILES string of the molecule is CC1CCN(C(=O)C(C)n2cccn2)CC1CN. The maximum atomic E-state index is 12.4. The summed E-state index contributed by atoms with van der Waals surface area (Å²) >= 11 is 0. The van der Waals surface area contributed by atoms with E-state index in [4.69, 9.17) is 5.73 Å². The highest BCUT2D eigenvalue weighted by Gasteiger charge is 2.30. The molecule has 0 saturated carbocycles. The summed E-state index contributed by atoms with van der Waals surface area (Å²) in [6.45, 7) is 6.38. The average Bonchev–Trinajstić information content (AvgIpc) is 2.91. The quantitative estimate of drug-likeness (QED) is 0.866.